The van der Waals surface area contributed by atoms with Gasteiger partial charge in [-0.1, -0.05) is 12.1 Å². The van der Waals surface area contributed by atoms with E-state index in [1.54, 1.807) is 0 Å². The van der Waals surface area contributed by atoms with E-state index < -0.39 is 76.2 Å². The fraction of sp³-hybridized carbons (Fsp3) is 0.333. The Morgan fingerprint density at radius 3 is 1.83 bits per heavy atom. The lowest BCUT2D eigenvalue weighted by atomic mass is 9.77. The number of carbonyl (C=O) groups excluding carboxylic acids is 2. The molecule has 3 rings (SSSR count). The summed E-state index contributed by atoms with van der Waals surface area (Å²) in [7, 11) is 0. The second-order valence-electron chi connectivity index (χ2n) is 7.88. The van der Waals surface area contributed by atoms with Gasteiger partial charge in [0.05, 0.1) is 0 Å². The van der Waals surface area contributed by atoms with Crippen LogP contribution in [0.2, 0.25) is 0 Å². The monoisotopic (exact) mass is 514 g/mol. The quantitative estimate of drug-likeness (QED) is 0.187. The van der Waals surface area contributed by atoms with Crippen molar-refractivity contribution in [2.24, 2.45) is 0 Å². The van der Waals surface area contributed by atoms with Crippen LogP contribution in [-0.2, 0) is 24.5 Å². The van der Waals surface area contributed by atoms with Gasteiger partial charge < -0.3 is 18.9 Å². The number of hydrogen-bond donors (Lipinski definition) is 0. The topological polar surface area (TPSA) is 71.1 Å². The second kappa shape index (κ2) is 8.66. The number of benzene rings is 2. The smallest absolute Gasteiger partial charge is 0.432 e. The number of esters is 2. The Bertz CT molecular complexity index is 1150. The molecule has 0 radical (unpaired) electrons. The predicted octanol–water partition coefficient (Wildman–Crippen LogP) is 4.82. The predicted molar refractivity (Wildman–Crippen MR) is 97.4 cm³/mol. The fourth-order valence-electron chi connectivity index (χ4n) is 3.26. The minimum atomic E-state index is -5.06. The molecule has 35 heavy (non-hydrogen) atoms. The van der Waals surface area contributed by atoms with Gasteiger partial charge in [0.1, 0.15) is 11.2 Å². The first kappa shape index (κ1) is 26.2. The molecular weight excluding hydrogens is 500 g/mol. The van der Waals surface area contributed by atoms with Crippen molar-refractivity contribution >= 4 is 11.9 Å². The molecule has 190 valence electrons. The fourth-order valence-corrected chi connectivity index (χ4v) is 3.26. The molecule has 1 saturated heterocycles. The molecule has 6 nitrogen and oxygen atoms in total. The maximum Gasteiger partial charge on any atom is 0.573 e. The van der Waals surface area contributed by atoms with Crippen molar-refractivity contribution in [2.45, 2.75) is 44.4 Å². The third kappa shape index (κ3) is 4.88. The average molecular weight is 514 g/mol. The summed E-state index contributed by atoms with van der Waals surface area (Å²) in [6.45, 7) is 3.47. The highest BCUT2D eigenvalue weighted by Crippen LogP contribution is 2.41. The van der Waals surface area contributed by atoms with Gasteiger partial charge in [-0.25, -0.2) is 18.0 Å². The lowest BCUT2D eigenvalue weighted by Crippen LogP contribution is -2.50. The van der Waals surface area contributed by atoms with E-state index in [0.717, 1.165) is 31.2 Å². The zero-order chi connectivity index (χ0) is 26.5. The first-order valence-electron chi connectivity index (χ1n) is 9.48. The number of cyclic esters (lactones) is 1. The SMILES string of the molecule is CC1(C)OC(=O)[C@H](C(C)(C(=O)Oc2c(F)c(F)c(F)c(F)c2F)c2ccc(OC(F)(F)F)cc2)O1. The van der Waals surface area contributed by atoms with Gasteiger partial charge in [-0.15, -0.1) is 13.2 Å². The lowest BCUT2D eigenvalue weighted by Gasteiger charge is -2.31. The summed E-state index contributed by atoms with van der Waals surface area (Å²) >= 11 is 0. The van der Waals surface area contributed by atoms with Crippen molar-refractivity contribution < 1.29 is 63.7 Å². The van der Waals surface area contributed by atoms with Crippen LogP contribution in [-0.4, -0.2) is 30.2 Å². The highest BCUT2D eigenvalue weighted by molar-refractivity contribution is 5.93. The molecule has 2 atom stereocenters. The molecule has 2 aromatic rings. The molecule has 1 fully saturated rings. The Balaban J connectivity index is 2.10. The Kier molecular flexibility index (Phi) is 6.48. The van der Waals surface area contributed by atoms with E-state index in [1.807, 2.05) is 0 Å². The summed E-state index contributed by atoms with van der Waals surface area (Å²) in [5.41, 5.74) is -2.72. The van der Waals surface area contributed by atoms with E-state index in [-0.39, 0.29) is 5.56 Å². The van der Waals surface area contributed by atoms with Crippen molar-refractivity contribution in [1.82, 2.24) is 0 Å². The van der Waals surface area contributed by atoms with E-state index in [4.69, 9.17) is 9.47 Å². The lowest BCUT2D eigenvalue weighted by molar-refractivity contribution is -0.274. The summed E-state index contributed by atoms with van der Waals surface area (Å²) in [6, 6.07) is 3.25. The maximum absolute atomic E-state index is 14.1. The molecule has 1 unspecified atom stereocenters. The molecule has 1 aliphatic rings. The summed E-state index contributed by atoms with van der Waals surface area (Å²) in [4.78, 5) is 25.6. The molecule has 14 heteroatoms. The van der Waals surface area contributed by atoms with Crippen LogP contribution < -0.4 is 9.47 Å². The molecular formula is C21H14F8O6. The molecule has 0 spiro atoms. The first-order chi connectivity index (χ1) is 16.0. The summed E-state index contributed by atoms with van der Waals surface area (Å²) in [5.74, 6) is -19.5. The van der Waals surface area contributed by atoms with Crippen LogP contribution in [0.15, 0.2) is 24.3 Å². The molecule has 0 aromatic heterocycles. The number of carbonyl (C=O) groups is 2. The van der Waals surface area contributed by atoms with Crippen LogP contribution in [0.3, 0.4) is 0 Å². The van der Waals surface area contributed by atoms with Crippen molar-refractivity contribution in [1.29, 1.82) is 0 Å². The van der Waals surface area contributed by atoms with Gasteiger partial charge >= 0.3 is 18.3 Å². The van der Waals surface area contributed by atoms with Gasteiger partial charge in [-0.05, 0) is 24.6 Å². The Morgan fingerprint density at radius 2 is 1.40 bits per heavy atom. The van der Waals surface area contributed by atoms with Gasteiger partial charge in [-0.3, -0.25) is 4.79 Å². The number of rotatable bonds is 5. The van der Waals surface area contributed by atoms with E-state index in [1.165, 1.54) is 13.8 Å². The van der Waals surface area contributed by atoms with Gasteiger partial charge in [0.25, 0.3) is 0 Å². The Morgan fingerprint density at radius 1 is 0.914 bits per heavy atom. The number of alkyl halides is 3. The highest BCUT2D eigenvalue weighted by Gasteiger charge is 2.57. The van der Waals surface area contributed by atoms with Crippen LogP contribution in [0.5, 0.6) is 11.5 Å². The second-order valence-corrected chi connectivity index (χ2v) is 7.88. The van der Waals surface area contributed by atoms with E-state index >= 15 is 0 Å². The van der Waals surface area contributed by atoms with Crippen LogP contribution >= 0.6 is 0 Å². The summed E-state index contributed by atoms with van der Waals surface area (Å²) in [6.07, 6.45) is -6.96. The third-order valence-electron chi connectivity index (χ3n) is 4.96. The van der Waals surface area contributed by atoms with Gasteiger partial charge in [-0.2, -0.15) is 8.78 Å². The number of ether oxygens (including phenoxy) is 4. The average Bonchev–Trinajstić information content (AvgIpc) is 3.05. The van der Waals surface area contributed by atoms with Crippen LogP contribution in [0.4, 0.5) is 35.1 Å². The molecule has 1 aliphatic heterocycles. The van der Waals surface area contributed by atoms with Crippen molar-refractivity contribution in [3.63, 3.8) is 0 Å². The molecule has 0 saturated carbocycles. The van der Waals surface area contributed by atoms with E-state index in [2.05, 4.69) is 9.47 Å². The van der Waals surface area contributed by atoms with E-state index in [0.29, 0.717) is 0 Å². The minimum Gasteiger partial charge on any atom is -0.432 e. The zero-order valence-corrected chi connectivity index (χ0v) is 17.9. The van der Waals surface area contributed by atoms with Gasteiger partial charge in [0.2, 0.25) is 40.6 Å². The van der Waals surface area contributed by atoms with Gasteiger partial charge in [0.15, 0.2) is 6.10 Å². The minimum absolute atomic E-state index is 0.305. The van der Waals surface area contributed by atoms with Gasteiger partial charge in [0, 0.05) is 13.8 Å². The first-order valence-corrected chi connectivity index (χ1v) is 9.48. The van der Waals surface area contributed by atoms with Crippen molar-refractivity contribution in [3.05, 3.63) is 58.9 Å². The van der Waals surface area contributed by atoms with Crippen molar-refractivity contribution in [3.8, 4) is 11.5 Å². The van der Waals surface area contributed by atoms with Crippen LogP contribution in [0.25, 0.3) is 0 Å². The molecule has 1 heterocycles. The zero-order valence-electron chi connectivity index (χ0n) is 17.9. The molecule has 0 aliphatic carbocycles. The molecule has 2 aromatic carbocycles. The molecule has 0 bridgehead atoms. The maximum atomic E-state index is 14.1. The molecule has 0 amide bonds. The normalized spacial score (nSPS) is 19.2. The largest absolute Gasteiger partial charge is 0.573 e. The number of halogens is 8. The van der Waals surface area contributed by atoms with Crippen LogP contribution in [0, 0.1) is 29.1 Å². The Labute approximate surface area is 191 Å². The Hall–Kier alpha value is -3.42. The van der Waals surface area contributed by atoms with Crippen molar-refractivity contribution in [2.75, 3.05) is 0 Å². The summed E-state index contributed by atoms with van der Waals surface area (Å²) in [5, 5.41) is 0. The highest BCUT2D eigenvalue weighted by atomic mass is 19.4. The molecule has 0 N–H and O–H groups in total. The third-order valence-corrected chi connectivity index (χ3v) is 4.96. The number of hydrogen-bond acceptors (Lipinski definition) is 6. The van der Waals surface area contributed by atoms with E-state index in [9.17, 15) is 44.7 Å². The summed E-state index contributed by atoms with van der Waals surface area (Å²) < 4.78 is 125. The van der Waals surface area contributed by atoms with Crippen LogP contribution in [0.1, 0.15) is 26.3 Å². The standard InChI is InChI=1S/C21H14F8O6/c1-19(2)34-16(17(30)35-19)20(3,8-4-6-9(7-5-8)33-21(27,28)29)18(31)32-15-13(25)11(23)10(22)12(24)14(15)26/h4-7,16H,1-3H3/t16-,20?/m1/s1.